The molecule has 0 atom stereocenters. The molecule has 0 radical (unpaired) electrons. The Morgan fingerprint density at radius 2 is 2.31 bits per heavy atom. The number of rotatable bonds is 7. The van der Waals surface area contributed by atoms with E-state index >= 15 is 0 Å². The van der Waals surface area contributed by atoms with Gasteiger partial charge >= 0.3 is 0 Å². The van der Waals surface area contributed by atoms with Crippen molar-refractivity contribution >= 4 is 0 Å². The number of nitrogens with one attached hydrogen (secondary N) is 1. The van der Waals surface area contributed by atoms with Gasteiger partial charge in [0.25, 0.3) is 0 Å². The molecule has 1 saturated carbocycles. The third-order valence-corrected chi connectivity index (χ3v) is 2.18. The Hall–Kier alpha value is -0.340. The predicted octanol–water partition coefficient (Wildman–Crippen LogP) is 2.11. The van der Waals surface area contributed by atoms with Gasteiger partial charge in [0.05, 0.1) is 6.61 Å². The van der Waals surface area contributed by atoms with Crippen LogP contribution in [0.4, 0.5) is 0 Å². The molecule has 0 unspecified atom stereocenters. The van der Waals surface area contributed by atoms with Gasteiger partial charge in [-0.25, -0.2) is 0 Å². The second-order valence-corrected chi connectivity index (χ2v) is 3.70. The van der Waals surface area contributed by atoms with Crippen LogP contribution in [0.25, 0.3) is 0 Å². The molecule has 1 aliphatic carbocycles. The van der Waals surface area contributed by atoms with Crippen molar-refractivity contribution in [3.05, 3.63) is 11.6 Å². The van der Waals surface area contributed by atoms with Crippen LogP contribution in [0.1, 0.15) is 33.1 Å². The van der Waals surface area contributed by atoms with Crippen molar-refractivity contribution < 1.29 is 4.74 Å². The molecule has 2 heteroatoms. The highest BCUT2D eigenvalue weighted by Gasteiger charge is 2.19. The lowest BCUT2D eigenvalue weighted by atomic mass is 10.2. The molecule has 0 saturated heterocycles. The largest absolute Gasteiger partial charge is 0.377 e. The summed E-state index contributed by atoms with van der Waals surface area (Å²) in [6.07, 6.45) is 6.16. The van der Waals surface area contributed by atoms with Crippen molar-refractivity contribution in [2.45, 2.75) is 39.2 Å². The van der Waals surface area contributed by atoms with Gasteiger partial charge in [0, 0.05) is 12.6 Å². The number of ether oxygens (including phenoxy) is 1. The van der Waals surface area contributed by atoms with Crippen LogP contribution in [0.5, 0.6) is 0 Å². The fourth-order valence-electron chi connectivity index (χ4n) is 1.22. The smallest absolute Gasteiger partial charge is 0.0673 e. The summed E-state index contributed by atoms with van der Waals surface area (Å²) in [7, 11) is 0. The topological polar surface area (TPSA) is 21.3 Å². The molecule has 0 aromatic carbocycles. The maximum atomic E-state index is 5.30. The van der Waals surface area contributed by atoms with Gasteiger partial charge in [0.2, 0.25) is 0 Å². The van der Waals surface area contributed by atoms with Gasteiger partial charge < -0.3 is 10.1 Å². The zero-order chi connectivity index (χ0) is 9.52. The maximum Gasteiger partial charge on any atom is 0.0673 e. The molecule has 1 N–H and O–H groups in total. The van der Waals surface area contributed by atoms with E-state index in [2.05, 4.69) is 18.3 Å². The molecular weight excluding hydrogens is 162 g/mol. The molecule has 76 valence electrons. The summed E-state index contributed by atoms with van der Waals surface area (Å²) in [6, 6.07) is 0.834. The molecule has 2 nitrogen and oxygen atoms in total. The lowest BCUT2D eigenvalue weighted by molar-refractivity contribution is 0.170. The second-order valence-electron chi connectivity index (χ2n) is 3.70. The van der Waals surface area contributed by atoms with E-state index in [4.69, 9.17) is 4.74 Å². The maximum absolute atomic E-state index is 5.30. The Morgan fingerprint density at radius 1 is 1.54 bits per heavy atom. The van der Waals surface area contributed by atoms with Crippen LogP contribution in [0.3, 0.4) is 0 Å². The molecule has 0 aliphatic heterocycles. The minimum absolute atomic E-state index is 0.792. The molecule has 0 bridgehead atoms. The lowest BCUT2D eigenvalue weighted by Gasteiger charge is -2.02. The molecule has 0 aromatic rings. The van der Waals surface area contributed by atoms with Crippen molar-refractivity contribution in [1.29, 1.82) is 0 Å². The standard InChI is InChI=1S/C11H21NO/c1-3-13-9-10(2)5-4-8-12-11-6-7-11/h5,11-12H,3-4,6-9H2,1-2H3. The van der Waals surface area contributed by atoms with E-state index in [1.54, 1.807) is 0 Å². The molecule has 13 heavy (non-hydrogen) atoms. The Morgan fingerprint density at radius 3 is 2.92 bits per heavy atom. The molecule has 1 aliphatic rings. The first-order valence-electron chi connectivity index (χ1n) is 5.29. The van der Waals surface area contributed by atoms with Gasteiger partial charge in [-0.05, 0) is 39.7 Å². The van der Waals surface area contributed by atoms with Crippen molar-refractivity contribution in [3.63, 3.8) is 0 Å². The van der Waals surface area contributed by atoms with Gasteiger partial charge in [-0.3, -0.25) is 0 Å². The van der Waals surface area contributed by atoms with Crippen LogP contribution >= 0.6 is 0 Å². The number of hydrogen-bond donors (Lipinski definition) is 1. The zero-order valence-corrected chi connectivity index (χ0v) is 8.81. The van der Waals surface area contributed by atoms with E-state index < -0.39 is 0 Å². The number of hydrogen-bond acceptors (Lipinski definition) is 2. The first-order chi connectivity index (χ1) is 6.33. The highest BCUT2D eigenvalue weighted by molar-refractivity contribution is 4.98. The minimum atomic E-state index is 0.792. The first kappa shape index (κ1) is 10.7. The van der Waals surface area contributed by atoms with E-state index in [1.165, 1.54) is 18.4 Å². The van der Waals surface area contributed by atoms with E-state index in [-0.39, 0.29) is 0 Å². The van der Waals surface area contributed by atoms with Crippen LogP contribution in [0.15, 0.2) is 11.6 Å². The summed E-state index contributed by atoms with van der Waals surface area (Å²) in [5.74, 6) is 0. The average molecular weight is 183 g/mol. The van der Waals surface area contributed by atoms with Gasteiger partial charge in [-0.15, -0.1) is 0 Å². The second kappa shape index (κ2) is 6.17. The van der Waals surface area contributed by atoms with E-state index in [1.807, 2.05) is 6.92 Å². The van der Waals surface area contributed by atoms with Gasteiger partial charge in [-0.1, -0.05) is 11.6 Å². The fourth-order valence-corrected chi connectivity index (χ4v) is 1.22. The molecule has 1 rings (SSSR count). The molecule has 0 spiro atoms. The minimum Gasteiger partial charge on any atom is -0.377 e. The summed E-state index contributed by atoms with van der Waals surface area (Å²) < 4.78 is 5.30. The first-order valence-corrected chi connectivity index (χ1v) is 5.29. The molecule has 0 amide bonds. The predicted molar refractivity (Wildman–Crippen MR) is 55.9 cm³/mol. The van der Waals surface area contributed by atoms with E-state index in [9.17, 15) is 0 Å². The lowest BCUT2D eigenvalue weighted by Crippen LogP contribution is -2.16. The van der Waals surface area contributed by atoms with Crippen LogP contribution in [0.2, 0.25) is 0 Å². The van der Waals surface area contributed by atoms with Crippen LogP contribution in [-0.4, -0.2) is 25.8 Å². The molecule has 0 aromatic heterocycles. The van der Waals surface area contributed by atoms with Crippen molar-refractivity contribution in [3.8, 4) is 0 Å². The Balaban J connectivity index is 1.93. The monoisotopic (exact) mass is 183 g/mol. The average Bonchev–Trinajstić information content (AvgIpc) is 2.92. The Bertz CT molecular complexity index is 161. The third-order valence-electron chi connectivity index (χ3n) is 2.18. The highest BCUT2D eigenvalue weighted by atomic mass is 16.5. The summed E-state index contributed by atoms with van der Waals surface area (Å²) >= 11 is 0. The SMILES string of the molecule is CCOCC(C)=CCCNC1CC1. The quantitative estimate of drug-likeness (QED) is 0.482. The Labute approximate surface area is 81.4 Å². The van der Waals surface area contributed by atoms with Crippen molar-refractivity contribution in [2.75, 3.05) is 19.8 Å². The highest BCUT2D eigenvalue weighted by Crippen LogP contribution is 2.18. The van der Waals surface area contributed by atoms with Crippen LogP contribution in [-0.2, 0) is 4.74 Å². The van der Waals surface area contributed by atoms with Crippen molar-refractivity contribution in [2.24, 2.45) is 0 Å². The summed E-state index contributed by atoms with van der Waals surface area (Å²) in [5, 5.41) is 3.48. The Kier molecular flexibility index (Phi) is 5.09. The normalized spacial score (nSPS) is 17.8. The molecular formula is C11H21NO. The fraction of sp³-hybridized carbons (Fsp3) is 0.818. The van der Waals surface area contributed by atoms with Gasteiger partial charge in [0.15, 0.2) is 0 Å². The van der Waals surface area contributed by atoms with E-state index in [0.29, 0.717) is 0 Å². The summed E-state index contributed by atoms with van der Waals surface area (Å²) in [4.78, 5) is 0. The third kappa shape index (κ3) is 5.83. The summed E-state index contributed by atoms with van der Waals surface area (Å²) in [5.41, 5.74) is 1.35. The molecule has 0 heterocycles. The van der Waals surface area contributed by atoms with Crippen LogP contribution < -0.4 is 5.32 Å². The van der Waals surface area contributed by atoms with Crippen molar-refractivity contribution in [1.82, 2.24) is 5.32 Å². The molecule has 1 fully saturated rings. The van der Waals surface area contributed by atoms with Gasteiger partial charge in [0.1, 0.15) is 0 Å². The van der Waals surface area contributed by atoms with Gasteiger partial charge in [-0.2, -0.15) is 0 Å². The summed E-state index contributed by atoms with van der Waals surface area (Å²) in [6.45, 7) is 6.88. The van der Waals surface area contributed by atoms with Crippen LogP contribution in [0, 0.1) is 0 Å². The van der Waals surface area contributed by atoms with E-state index in [0.717, 1.165) is 32.2 Å². The zero-order valence-electron chi connectivity index (χ0n) is 8.81.